The van der Waals surface area contributed by atoms with Crippen LogP contribution in [0.3, 0.4) is 0 Å². The number of hydrogen-bond acceptors (Lipinski definition) is 18. The van der Waals surface area contributed by atoms with Gasteiger partial charge in [0.05, 0.1) is 38.6 Å². The third-order valence-corrected chi connectivity index (χ3v) is 20.7. The number of allylic oxidation sites excluding steroid dienone is 22. The van der Waals surface area contributed by atoms with Crippen LogP contribution in [0.25, 0.3) is 0 Å². The van der Waals surface area contributed by atoms with Crippen molar-refractivity contribution < 1.29 is 89.4 Å². The molecule has 3 saturated heterocycles. The monoisotopic (exact) mass is 1550 g/mol. The van der Waals surface area contributed by atoms with E-state index in [2.05, 4.69) is 153 Å². The first-order valence-corrected chi connectivity index (χ1v) is 43.4. The van der Waals surface area contributed by atoms with Crippen LogP contribution in [0.5, 0.6) is 0 Å². The molecule has 0 aliphatic carbocycles. The first-order valence-electron chi connectivity index (χ1n) is 43.4. The van der Waals surface area contributed by atoms with Crippen molar-refractivity contribution in [3.63, 3.8) is 0 Å². The zero-order chi connectivity index (χ0) is 79.5. The minimum absolute atomic E-state index is 0.218. The standard InChI is InChI=1S/C91H155NO18/c1-3-5-7-9-11-13-15-17-19-21-23-25-27-29-31-33-34-35-36-37-38-39-40-41-43-45-47-49-51-53-55-57-59-61-63-65-67-69-79(97)92-74(75(96)68-66-64-62-60-58-56-54-52-50-48-46-44-42-32-30-28-26-24-22-20-18-16-14-12-10-8-6-4-2)73-105-89-85(103)82(100)87(77(71-94)107-89)110-91-86(104)83(101)88(78(72-95)108-91)109-90-84(102)81(99)80(98)76(70-93)106-90/h5,7,11,13,17,19,23,25,29,31,34-35,37-38,40-41,45,47,51,53,57,59,74-78,80-91,93-96,98-104H,3-4,6,8-10,12,14-16,18,20-22,24,26-28,30,32-33,36,39,42-44,46,48-50,52,54-56,58,60-73H2,1-2H3,(H,92,97)/b7-5-,13-11-,19-17-,25-23-,31-29-,35-34-,38-37-,41-40-,47-45-,53-51-,59-57-. The minimum Gasteiger partial charge on any atom is -0.394 e. The molecule has 0 aromatic rings. The van der Waals surface area contributed by atoms with Gasteiger partial charge in [-0.3, -0.25) is 4.79 Å². The van der Waals surface area contributed by atoms with E-state index in [-0.39, 0.29) is 18.9 Å². The van der Waals surface area contributed by atoms with Crippen LogP contribution in [0.15, 0.2) is 134 Å². The van der Waals surface area contributed by atoms with Crippen molar-refractivity contribution in [1.82, 2.24) is 5.32 Å². The summed E-state index contributed by atoms with van der Waals surface area (Å²) in [5.41, 5.74) is 0. The summed E-state index contributed by atoms with van der Waals surface area (Å²) in [5, 5.41) is 121. The van der Waals surface area contributed by atoms with E-state index in [1.165, 1.54) is 154 Å². The Bertz CT molecular complexity index is 2510. The fraction of sp³-hybridized carbons (Fsp3) is 0.747. The molecule has 12 N–H and O–H groups in total. The van der Waals surface area contributed by atoms with Gasteiger partial charge in [-0.25, -0.2) is 0 Å². The highest BCUT2D eigenvalue weighted by Crippen LogP contribution is 2.33. The number of carbonyl (C=O) groups is 1. The van der Waals surface area contributed by atoms with Gasteiger partial charge in [0.25, 0.3) is 0 Å². The van der Waals surface area contributed by atoms with Crippen LogP contribution in [0.1, 0.15) is 303 Å². The van der Waals surface area contributed by atoms with Crippen LogP contribution >= 0.6 is 0 Å². The van der Waals surface area contributed by atoms with Gasteiger partial charge < -0.3 is 89.9 Å². The molecule has 0 spiro atoms. The van der Waals surface area contributed by atoms with Gasteiger partial charge in [0.2, 0.25) is 5.91 Å². The van der Waals surface area contributed by atoms with E-state index in [0.717, 1.165) is 109 Å². The lowest BCUT2D eigenvalue weighted by Gasteiger charge is -2.48. The number of amides is 1. The van der Waals surface area contributed by atoms with Crippen LogP contribution in [0.4, 0.5) is 0 Å². The van der Waals surface area contributed by atoms with Crippen molar-refractivity contribution in [2.24, 2.45) is 0 Å². The average molecular weight is 1550 g/mol. The average Bonchev–Trinajstić information content (AvgIpc) is 0.784. The summed E-state index contributed by atoms with van der Waals surface area (Å²) in [7, 11) is 0. The summed E-state index contributed by atoms with van der Waals surface area (Å²) in [6.07, 6.45) is 72.5. The van der Waals surface area contributed by atoms with E-state index in [4.69, 9.17) is 28.4 Å². The molecule has 0 aromatic carbocycles. The molecular formula is C91H155NO18. The zero-order valence-electron chi connectivity index (χ0n) is 67.9. The maximum absolute atomic E-state index is 13.5. The van der Waals surface area contributed by atoms with E-state index in [0.29, 0.717) is 19.3 Å². The van der Waals surface area contributed by atoms with Crippen molar-refractivity contribution >= 4 is 5.91 Å². The Hall–Kier alpha value is -4.07. The van der Waals surface area contributed by atoms with Gasteiger partial charge in [-0.1, -0.05) is 334 Å². The molecule has 0 aromatic heterocycles. The van der Waals surface area contributed by atoms with Gasteiger partial charge in [0.15, 0.2) is 18.9 Å². The highest BCUT2D eigenvalue weighted by Gasteiger charge is 2.54. The SMILES string of the molecule is CC/C=C\C/C=C\C/C=C\C/C=C\C/C=C\C/C=C\C/C=C\C/C=C\C/C=C\C/C=C\C/C=C\CCCCCC(=O)NC(COC1OC(CO)C(OC2OC(CO)C(OC3OC(CO)C(O)C(O)C3O)C(O)C2O)C(O)C1O)C(O)CCCCCCCCCCCCCCCCCCCCCCCCCCCCCC. The molecule has 1 amide bonds. The summed E-state index contributed by atoms with van der Waals surface area (Å²) < 4.78 is 34.5. The van der Waals surface area contributed by atoms with Crippen molar-refractivity contribution in [1.29, 1.82) is 0 Å². The number of hydrogen-bond donors (Lipinski definition) is 12. The molecule has 3 heterocycles. The number of carbonyl (C=O) groups excluding carboxylic acids is 1. The second-order valence-corrected chi connectivity index (χ2v) is 30.3. The van der Waals surface area contributed by atoms with Crippen molar-refractivity contribution in [2.75, 3.05) is 26.4 Å². The summed E-state index contributed by atoms with van der Waals surface area (Å²) in [6.45, 7) is 1.69. The molecule has 3 aliphatic heterocycles. The van der Waals surface area contributed by atoms with Gasteiger partial charge in [0, 0.05) is 6.42 Å². The number of nitrogens with one attached hydrogen (secondary N) is 1. The summed E-state index contributed by atoms with van der Waals surface area (Å²) in [6, 6.07) is -0.918. The second kappa shape index (κ2) is 69.3. The third-order valence-electron chi connectivity index (χ3n) is 20.7. The number of unbranched alkanes of at least 4 members (excludes halogenated alkanes) is 30. The molecule has 19 heteroatoms. The van der Waals surface area contributed by atoms with E-state index in [1.54, 1.807) is 0 Å². The first kappa shape index (κ1) is 100. The number of aliphatic hydroxyl groups is 11. The lowest BCUT2D eigenvalue weighted by Crippen LogP contribution is -2.66. The van der Waals surface area contributed by atoms with E-state index >= 15 is 0 Å². The van der Waals surface area contributed by atoms with Gasteiger partial charge in [0.1, 0.15) is 73.2 Å². The number of rotatable bonds is 68. The molecule has 17 atom stereocenters. The summed E-state index contributed by atoms with van der Waals surface area (Å²) in [4.78, 5) is 13.5. The lowest BCUT2D eigenvalue weighted by molar-refractivity contribution is -0.379. The summed E-state index contributed by atoms with van der Waals surface area (Å²) >= 11 is 0. The van der Waals surface area contributed by atoms with Gasteiger partial charge in [-0.05, 0) is 96.3 Å². The lowest BCUT2D eigenvalue weighted by atomic mass is 9.96. The predicted molar refractivity (Wildman–Crippen MR) is 443 cm³/mol. The maximum atomic E-state index is 13.5. The Morgan fingerprint density at radius 1 is 0.336 bits per heavy atom. The molecule has 110 heavy (non-hydrogen) atoms. The smallest absolute Gasteiger partial charge is 0.220 e. The summed E-state index contributed by atoms with van der Waals surface area (Å²) in [5.74, 6) is -0.276. The van der Waals surface area contributed by atoms with Gasteiger partial charge >= 0.3 is 0 Å². The quantitative estimate of drug-likeness (QED) is 0.0199. The predicted octanol–water partition coefficient (Wildman–Crippen LogP) is 16.0. The Balaban J connectivity index is 1.37. The molecule has 3 aliphatic rings. The van der Waals surface area contributed by atoms with Crippen LogP contribution in [-0.4, -0.2) is 193 Å². The highest BCUT2D eigenvalue weighted by atomic mass is 16.8. The van der Waals surface area contributed by atoms with Gasteiger partial charge in [-0.15, -0.1) is 0 Å². The van der Waals surface area contributed by atoms with Crippen molar-refractivity contribution in [2.45, 2.75) is 407 Å². The molecule has 19 nitrogen and oxygen atoms in total. The highest BCUT2D eigenvalue weighted by molar-refractivity contribution is 5.76. The minimum atomic E-state index is -1.98. The maximum Gasteiger partial charge on any atom is 0.220 e. The zero-order valence-corrected chi connectivity index (χ0v) is 67.9. The number of ether oxygens (including phenoxy) is 6. The van der Waals surface area contributed by atoms with Crippen LogP contribution in [0, 0.1) is 0 Å². The molecule has 632 valence electrons. The third kappa shape index (κ3) is 47.7. The fourth-order valence-corrected chi connectivity index (χ4v) is 13.9. The second-order valence-electron chi connectivity index (χ2n) is 30.3. The Kier molecular flexibility index (Phi) is 63.0. The topological polar surface area (TPSA) is 307 Å². The molecule has 3 rings (SSSR count). The Morgan fingerprint density at radius 3 is 0.973 bits per heavy atom. The largest absolute Gasteiger partial charge is 0.394 e. The van der Waals surface area contributed by atoms with E-state index < -0.39 is 124 Å². The van der Waals surface area contributed by atoms with E-state index in [1.807, 2.05) is 0 Å². The molecule has 0 saturated carbocycles. The Labute approximate surface area is 664 Å². The van der Waals surface area contributed by atoms with Crippen LogP contribution in [-0.2, 0) is 33.2 Å². The molecule has 0 bridgehead atoms. The number of aliphatic hydroxyl groups excluding tert-OH is 11. The fourth-order valence-electron chi connectivity index (χ4n) is 13.9. The first-order chi connectivity index (χ1) is 53.8. The molecule has 3 fully saturated rings. The van der Waals surface area contributed by atoms with Crippen molar-refractivity contribution in [3.8, 4) is 0 Å². The molecular weight excluding hydrogens is 1390 g/mol. The van der Waals surface area contributed by atoms with Crippen molar-refractivity contribution in [3.05, 3.63) is 134 Å². The van der Waals surface area contributed by atoms with Crippen LogP contribution in [0.2, 0.25) is 0 Å². The van der Waals surface area contributed by atoms with E-state index in [9.17, 15) is 61.0 Å². The normalized spacial score (nSPS) is 25.8. The molecule has 0 radical (unpaired) electrons. The molecule has 17 unspecified atom stereocenters. The Morgan fingerprint density at radius 2 is 0.627 bits per heavy atom. The van der Waals surface area contributed by atoms with Crippen LogP contribution < -0.4 is 5.32 Å². The van der Waals surface area contributed by atoms with Gasteiger partial charge in [-0.2, -0.15) is 0 Å².